The zero-order chi connectivity index (χ0) is 56.7. The molecule has 10 aromatic carbocycles. The van der Waals surface area contributed by atoms with Crippen LogP contribution in [0, 0.1) is 0 Å². The highest BCUT2D eigenvalue weighted by molar-refractivity contribution is 7.00. The highest BCUT2D eigenvalue weighted by atomic mass is 15.3. The standard InChI is InChI=1S/C78H74BN3/c1-74(2,3)56-36-40-66(60(46-56)52-27-17-13-18-28-52)80-69-39-35-55(51-25-15-12-16-26-51)45-64(69)79-65-48-58(76(7,8)9)38-42-70(65)81(67-41-37-57(75(4,5)6)47-61(67)53-29-19-14-20-30-53)72-50-59(49-71(80)73(72)79)82-68-34-24-23-33-63(68)77(10)44-43-54-31-21-22-32-62(54)78(77,82)11/h12-42,45-50H,43-44H2,1-11H3. The van der Waals surface area contributed by atoms with Crippen LogP contribution in [0.3, 0.4) is 0 Å². The monoisotopic (exact) mass is 1060 g/mol. The number of fused-ring (bicyclic) bond motifs is 9. The van der Waals surface area contributed by atoms with E-state index >= 15 is 0 Å². The summed E-state index contributed by atoms with van der Waals surface area (Å²) in [5.41, 5.74) is 28.1. The molecule has 2 unspecified atom stereocenters. The van der Waals surface area contributed by atoms with Gasteiger partial charge in [0.2, 0.25) is 0 Å². The highest BCUT2D eigenvalue weighted by Gasteiger charge is 2.60. The van der Waals surface area contributed by atoms with Gasteiger partial charge in [0.15, 0.2) is 0 Å². The molecule has 0 N–H and O–H groups in total. The summed E-state index contributed by atoms with van der Waals surface area (Å²) in [7, 11) is 0. The maximum atomic E-state index is 2.77. The molecule has 3 heterocycles. The predicted octanol–water partition coefficient (Wildman–Crippen LogP) is 18.9. The number of nitrogens with zero attached hydrogens (tertiary/aromatic N) is 3. The summed E-state index contributed by atoms with van der Waals surface area (Å²) < 4.78 is 0. The Balaban J connectivity index is 1.17. The van der Waals surface area contributed by atoms with Gasteiger partial charge in [-0.1, -0.05) is 239 Å². The van der Waals surface area contributed by atoms with Crippen LogP contribution in [0.2, 0.25) is 0 Å². The van der Waals surface area contributed by atoms with Gasteiger partial charge in [-0.3, -0.25) is 0 Å². The van der Waals surface area contributed by atoms with Gasteiger partial charge in [0, 0.05) is 50.7 Å². The summed E-state index contributed by atoms with van der Waals surface area (Å²) in [6, 6.07) is 86.5. The van der Waals surface area contributed by atoms with E-state index in [1.165, 1.54) is 117 Å². The van der Waals surface area contributed by atoms with E-state index in [0.717, 1.165) is 24.2 Å². The molecule has 10 aromatic rings. The smallest absolute Gasteiger partial charge is 0.252 e. The first-order valence-corrected chi connectivity index (χ1v) is 29.8. The van der Waals surface area contributed by atoms with Crippen molar-refractivity contribution >= 4 is 68.6 Å². The Morgan fingerprint density at radius 1 is 0.366 bits per heavy atom. The van der Waals surface area contributed by atoms with Crippen LogP contribution in [-0.4, -0.2) is 6.71 Å². The molecule has 82 heavy (non-hydrogen) atoms. The molecule has 2 atom stereocenters. The molecule has 0 aromatic heterocycles. The number of rotatable bonds is 6. The number of anilines is 8. The van der Waals surface area contributed by atoms with Crippen molar-refractivity contribution in [3.63, 3.8) is 0 Å². The molecule has 3 aliphatic heterocycles. The maximum Gasteiger partial charge on any atom is 0.252 e. The first kappa shape index (κ1) is 51.8. The zero-order valence-corrected chi connectivity index (χ0v) is 49.7. The fraction of sp³-hybridized carbons (Fsp3) is 0.231. The molecule has 0 spiro atoms. The van der Waals surface area contributed by atoms with Crippen LogP contribution < -0.4 is 31.1 Å². The predicted molar refractivity (Wildman–Crippen MR) is 351 cm³/mol. The average molecular weight is 1060 g/mol. The Hall–Kier alpha value is -8.34. The summed E-state index contributed by atoms with van der Waals surface area (Å²) in [5.74, 6) is 0. The number of para-hydroxylation sites is 1. The minimum atomic E-state index is -0.431. The molecule has 0 amide bonds. The van der Waals surface area contributed by atoms with Crippen molar-refractivity contribution in [2.45, 2.75) is 116 Å². The number of benzene rings is 10. The van der Waals surface area contributed by atoms with Crippen LogP contribution in [0.1, 0.15) is 116 Å². The molecule has 0 bridgehead atoms. The molecular weight excluding hydrogens is 990 g/mol. The Kier molecular flexibility index (Phi) is 11.7. The van der Waals surface area contributed by atoms with Crippen molar-refractivity contribution in [3.05, 3.63) is 258 Å². The van der Waals surface area contributed by atoms with E-state index in [2.05, 4.69) is 315 Å². The molecule has 404 valence electrons. The first-order chi connectivity index (χ1) is 39.3. The van der Waals surface area contributed by atoms with Gasteiger partial charge in [-0.05, 0) is 163 Å². The van der Waals surface area contributed by atoms with Crippen molar-refractivity contribution in [2.75, 3.05) is 14.7 Å². The first-order valence-electron chi connectivity index (χ1n) is 29.8. The Bertz CT molecular complexity index is 4140. The van der Waals surface area contributed by atoms with Crippen LogP contribution in [0.4, 0.5) is 45.5 Å². The second-order valence-corrected chi connectivity index (χ2v) is 27.3. The van der Waals surface area contributed by atoms with Gasteiger partial charge < -0.3 is 14.7 Å². The average Bonchev–Trinajstić information content (AvgIpc) is 1.64. The summed E-state index contributed by atoms with van der Waals surface area (Å²) in [6.45, 7) is 26.1. The summed E-state index contributed by atoms with van der Waals surface area (Å²) in [6.07, 6.45) is 2.09. The molecule has 0 saturated heterocycles. The van der Waals surface area contributed by atoms with Crippen LogP contribution in [0.5, 0.6) is 0 Å². The molecule has 1 aliphatic carbocycles. The van der Waals surface area contributed by atoms with Gasteiger partial charge in [0.25, 0.3) is 6.71 Å². The lowest BCUT2D eigenvalue weighted by molar-refractivity contribution is 0.245. The van der Waals surface area contributed by atoms with Crippen molar-refractivity contribution in [2.24, 2.45) is 0 Å². The van der Waals surface area contributed by atoms with E-state index in [-0.39, 0.29) is 28.4 Å². The highest BCUT2D eigenvalue weighted by Crippen LogP contribution is 2.64. The third-order valence-electron chi connectivity index (χ3n) is 19.4. The van der Waals surface area contributed by atoms with Crippen LogP contribution in [0.25, 0.3) is 33.4 Å². The molecule has 0 saturated carbocycles. The number of aryl methyl sites for hydroxylation is 1. The molecule has 4 heteroatoms. The SMILES string of the molecule is CC(C)(C)c1ccc2c(c1)B1c3cc(-c4ccccc4)ccc3N(c3ccc(C(C)(C)C)cc3-c3ccccc3)c3cc(N4c5ccccc5C5(C)CCc6ccccc6C45C)cc(c31)N2c1ccc(C(C)(C)C)cc1-c1ccccc1. The summed E-state index contributed by atoms with van der Waals surface area (Å²) in [5, 5.41) is 0. The van der Waals surface area contributed by atoms with Gasteiger partial charge in [0.1, 0.15) is 0 Å². The molecule has 4 aliphatic rings. The Morgan fingerprint density at radius 2 is 0.805 bits per heavy atom. The number of hydrogen-bond acceptors (Lipinski definition) is 3. The van der Waals surface area contributed by atoms with Crippen molar-refractivity contribution in [3.8, 4) is 33.4 Å². The van der Waals surface area contributed by atoms with Crippen LogP contribution in [-0.2, 0) is 33.6 Å². The second kappa shape index (κ2) is 18.6. The fourth-order valence-electron chi connectivity index (χ4n) is 14.7. The van der Waals surface area contributed by atoms with Crippen LogP contribution >= 0.6 is 0 Å². The Morgan fingerprint density at radius 3 is 1.34 bits per heavy atom. The molecule has 14 rings (SSSR count). The van der Waals surface area contributed by atoms with E-state index in [9.17, 15) is 0 Å². The van der Waals surface area contributed by atoms with Gasteiger partial charge in [-0.15, -0.1) is 0 Å². The zero-order valence-electron chi connectivity index (χ0n) is 49.7. The van der Waals surface area contributed by atoms with Gasteiger partial charge >= 0.3 is 0 Å². The van der Waals surface area contributed by atoms with Crippen molar-refractivity contribution in [1.82, 2.24) is 0 Å². The van der Waals surface area contributed by atoms with E-state index in [1.54, 1.807) is 0 Å². The molecular formula is C78H74BN3. The van der Waals surface area contributed by atoms with Crippen LogP contribution in [0.15, 0.2) is 224 Å². The Labute approximate surface area is 488 Å². The second-order valence-electron chi connectivity index (χ2n) is 27.3. The molecule has 3 nitrogen and oxygen atoms in total. The van der Waals surface area contributed by atoms with Crippen molar-refractivity contribution < 1.29 is 0 Å². The van der Waals surface area contributed by atoms with Gasteiger partial charge in [-0.25, -0.2) is 0 Å². The van der Waals surface area contributed by atoms with Crippen molar-refractivity contribution in [1.29, 1.82) is 0 Å². The lowest BCUT2D eigenvalue weighted by Crippen LogP contribution is -2.61. The maximum absolute atomic E-state index is 2.77. The number of hydrogen-bond donors (Lipinski definition) is 0. The van der Waals surface area contributed by atoms with E-state index in [0.29, 0.717) is 0 Å². The largest absolute Gasteiger partial charge is 0.330 e. The topological polar surface area (TPSA) is 9.72 Å². The lowest BCUT2D eigenvalue weighted by atomic mass is 9.33. The summed E-state index contributed by atoms with van der Waals surface area (Å²) in [4.78, 5) is 8.13. The normalized spacial score (nSPS) is 17.8. The minimum Gasteiger partial charge on any atom is -0.330 e. The summed E-state index contributed by atoms with van der Waals surface area (Å²) >= 11 is 0. The quantitative estimate of drug-likeness (QED) is 0.154. The lowest BCUT2D eigenvalue weighted by Gasteiger charge is -2.52. The van der Waals surface area contributed by atoms with E-state index in [4.69, 9.17) is 0 Å². The van der Waals surface area contributed by atoms with E-state index < -0.39 is 5.54 Å². The third kappa shape index (κ3) is 7.91. The fourth-order valence-corrected chi connectivity index (χ4v) is 14.7. The van der Waals surface area contributed by atoms with E-state index in [1.807, 2.05) is 0 Å². The minimum absolute atomic E-state index is 0.0746. The third-order valence-corrected chi connectivity index (χ3v) is 19.4. The molecule has 0 fully saturated rings. The molecule has 0 radical (unpaired) electrons. The van der Waals surface area contributed by atoms with Gasteiger partial charge in [0.05, 0.1) is 16.9 Å². The van der Waals surface area contributed by atoms with Gasteiger partial charge in [-0.2, -0.15) is 0 Å².